The van der Waals surface area contributed by atoms with E-state index in [-0.39, 0.29) is 12.5 Å². The summed E-state index contributed by atoms with van der Waals surface area (Å²) in [4.78, 5) is 23.5. The molecule has 0 aliphatic rings. The van der Waals surface area contributed by atoms with Crippen LogP contribution in [0.5, 0.6) is 5.88 Å². The Labute approximate surface area is 165 Å². The quantitative estimate of drug-likeness (QED) is 0.601. The lowest BCUT2D eigenvalue weighted by atomic mass is 10.2. The normalized spacial score (nSPS) is 10.9. The van der Waals surface area contributed by atoms with Crippen molar-refractivity contribution in [1.29, 1.82) is 0 Å². The second kappa shape index (κ2) is 8.94. The van der Waals surface area contributed by atoms with Crippen molar-refractivity contribution in [3.05, 3.63) is 46.3 Å². The van der Waals surface area contributed by atoms with E-state index in [4.69, 9.17) is 10.5 Å². The number of thiazole rings is 1. The smallest absolute Gasteiger partial charge is 0.258 e. The number of nitrogens with two attached hydrogens (primary N) is 1. The van der Waals surface area contributed by atoms with Crippen molar-refractivity contribution < 1.29 is 9.53 Å². The number of carbonyl (C=O) groups is 1. The molecule has 3 N–H and O–H groups in total. The maximum atomic E-state index is 12.0. The van der Waals surface area contributed by atoms with Gasteiger partial charge in [-0.15, -0.1) is 22.7 Å². The number of pyridine rings is 1. The van der Waals surface area contributed by atoms with Crippen LogP contribution in [0.4, 0.5) is 5.13 Å². The molecule has 0 aliphatic carbocycles. The van der Waals surface area contributed by atoms with Gasteiger partial charge in [0.05, 0.1) is 10.6 Å². The van der Waals surface area contributed by atoms with E-state index in [1.807, 2.05) is 43.1 Å². The molecule has 1 amide bonds. The first-order chi connectivity index (χ1) is 13.0. The van der Waals surface area contributed by atoms with E-state index >= 15 is 0 Å². The number of nitrogens with zero attached hydrogens (tertiary/aromatic N) is 3. The first kappa shape index (κ1) is 19.3. The van der Waals surface area contributed by atoms with Crippen molar-refractivity contribution >= 4 is 33.7 Å². The van der Waals surface area contributed by atoms with Crippen molar-refractivity contribution in [3.8, 4) is 16.5 Å². The van der Waals surface area contributed by atoms with Crippen molar-refractivity contribution in [2.75, 3.05) is 26.4 Å². The monoisotopic (exact) mass is 403 g/mol. The van der Waals surface area contributed by atoms with Crippen LogP contribution in [0.2, 0.25) is 0 Å². The van der Waals surface area contributed by atoms with Crippen LogP contribution in [-0.4, -0.2) is 41.5 Å². The Balaban J connectivity index is 1.47. The van der Waals surface area contributed by atoms with Crippen LogP contribution < -0.4 is 15.8 Å². The third-order valence-electron chi connectivity index (χ3n) is 3.57. The molecule has 3 heterocycles. The van der Waals surface area contributed by atoms with Gasteiger partial charge in [0, 0.05) is 30.7 Å². The van der Waals surface area contributed by atoms with Crippen LogP contribution in [0.15, 0.2) is 35.2 Å². The van der Waals surface area contributed by atoms with Crippen LogP contribution in [0.25, 0.3) is 10.6 Å². The summed E-state index contributed by atoms with van der Waals surface area (Å²) in [5.74, 6) is 0.254. The Kier molecular flexibility index (Phi) is 6.38. The van der Waals surface area contributed by atoms with Gasteiger partial charge in [-0.3, -0.25) is 4.79 Å². The van der Waals surface area contributed by atoms with Crippen LogP contribution in [0, 0.1) is 0 Å². The van der Waals surface area contributed by atoms with Crippen molar-refractivity contribution in [2.45, 2.75) is 13.1 Å². The lowest BCUT2D eigenvalue weighted by Gasteiger charge is -2.11. The number of ether oxygens (including phenoxy) is 1. The summed E-state index contributed by atoms with van der Waals surface area (Å²) in [6.45, 7) is 1.15. The largest absolute Gasteiger partial charge is 0.468 e. The van der Waals surface area contributed by atoms with Gasteiger partial charge in [0.25, 0.3) is 5.91 Å². The number of hydrogen-bond acceptors (Lipinski definition) is 8. The molecule has 0 atom stereocenters. The summed E-state index contributed by atoms with van der Waals surface area (Å²) in [7, 11) is 3.99. The molecule has 0 radical (unpaired) electrons. The summed E-state index contributed by atoms with van der Waals surface area (Å²) in [6.07, 6.45) is 1.68. The number of carbonyl (C=O) groups excluding carboxylic acids is 1. The van der Waals surface area contributed by atoms with Gasteiger partial charge in [0.15, 0.2) is 11.7 Å². The van der Waals surface area contributed by atoms with E-state index in [0.29, 0.717) is 17.6 Å². The van der Waals surface area contributed by atoms with Crippen molar-refractivity contribution in [3.63, 3.8) is 0 Å². The summed E-state index contributed by atoms with van der Waals surface area (Å²) in [6, 6.07) is 5.78. The molecule has 0 saturated carbocycles. The molecular formula is C18H21N5O2S2. The molecule has 3 aromatic heterocycles. The topological polar surface area (TPSA) is 93.4 Å². The number of aromatic nitrogens is 2. The molecule has 0 fully saturated rings. The average molecular weight is 404 g/mol. The maximum absolute atomic E-state index is 12.0. The second-order valence-electron chi connectivity index (χ2n) is 6.20. The highest BCUT2D eigenvalue weighted by atomic mass is 32.1. The lowest BCUT2D eigenvalue weighted by Crippen LogP contribution is -2.28. The highest BCUT2D eigenvalue weighted by Gasteiger charge is 2.09. The molecule has 27 heavy (non-hydrogen) atoms. The Morgan fingerprint density at radius 2 is 2.11 bits per heavy atom. The molecule has 0 saturated heterocycles. The Bertz CT molecular complexity index is 907. The lowest BCUT2D eigenvalue weighted by molar-refractivity contribution is -0.123. The summed E-state index contributed by atoms with van der Waals surface area (Å²) < 4.78 is 5.49. The number of nitrogens with one attached hydrogen (secondary N) is 1. The molecule has 0 bridgehead atoms. The standard InChI is InChI=1S/C18H21N5O2S2/c1-23(2)8-12-3-4-20-17(6-12)25-9-16(24)21-7-13-5-15(26-10-13)14-11-27-18(19)22-14/h3-6,10-11H,7-9H2,1-2H3,(H2,19,22)(H,21,24). The maximum Gasteiger partial charge on any atom is 0.258 e. The zero-order valence-electron chi connectivity index (χ0n) is 15.1. The molecular weight excluding hydrogens is 382 g/mol. The Hall–Kier alpha value is -2.49. The molecule has 142 valence electrons. The summed E-state index contributed by atoms with van der Waals surface area (Å²) >= 11 is 2.99. The van der Waals surface area contributed by atoms with Gasteiger partial charge < -0.3 is 20.7 Å². The number of rotatable bonds is 8. The minimum absolute atomic E-state index is 0.0714. The molecule has 3 aromatic rings. The third-order valence-corrected chi connectivity index (χ3v) is 5.24. The first-order valence-corrected chi connectivity index (χ1v) is 10.0. The van der Waals surface area contributed by atoms with E-state index in [1.165, 1.54) is 11.3 Å². The number of anilines is 1. The summed E-state index contributed by atoms with van der Waals surface area (Å²) in [5.41, 5.74) is 8.63. The molecule has 0 spiro atoms. The predicted molar refractivity (Wildman–Crippen MR) is 109 cm³/mol. The van der Waals surface area contributed by atoms with Gasteiger partial charge in [-0.25, -0.2) is 9.97 Å². The number of amides is 1. The molecule has 3 rings (SSSR count). The van der Waals surface area contributed by atoms with Gasteiger partial charge in [-0.2, -0.15) is 0 Å². The first-order valence-electron chi connectivity index (χ1n) is 8.27. The zero-order chi connectivity index (χ0) is 19.2. The minimum Gasteiger partial charge on any atom is -0.468 e. The van der Waals surface area contributed by atoms with Crippen LogP contribution in [-0.2, 0) is 17.9 Å². The van der Waals surface area contributed by atoms with Gasteiger partial charge in [-0.1, -0.05) is 0 Å². The predicted octanol–water partition coefficient (Wildman–Crippen LogP) is 2.61. The molecule has 0 aliphatic heterocycles. The molecule has 7 nitrogen and oxygen atoms in total. The molecule has 0 aromatic carbocycles. The van der Waals surface area contributed by atoms with Crippen LogP contribution >= 0.6 is 22.7 Å². The van der Waals surface area contributed by atoms with Crippen molar-refractivity contribution in [1.82, 2.24) is 20.2 Å². The molecule has 0 unspecified atom stereocenters. The fraction of sp³-hybridized carbons (Fsp3) is 0.278. The van der Waals surface area contributed by atoms with Crippen LogP contribution in [0.1, 0.15) is 11.1 Å². The third kappa shape index (κ3) is 5.75. The van der Waals surface area contributed by atoms with Gasteiger partial charge in [0.2, 0.25) is 5.88 Å². The van der Waals surface area contributed by atoms with E-state index in [0.717, 1.165) is 28.2 Å². The van der Waals surface area contributed by atoms with Gasteiger partial charge in [-0.05, 0) is 42.7 Å². The van der Waals surface area contributed by atoms with Crippen molar-refractivity contribution in [2.24, 2.45) is 0 Å². The highest BCUT2D eigenvalue weighted by molar-refractivity contribution is 7.15. The van der Waals surface area contributed by atoms with E-state index in [2.05, 4.69) is 20.2 Å². The van der Waals surface area contributed by atoms with E-state index < -0.39 is 0 Å². The highest BCUT2D eigenvalue weighted by Crippen LogP contribution is 2.29. The van der Waals surface area contributed by atoms with E-state index in [1.54, 1.807) is 17.5 Å². The number of nitrogen functional groups attached to an aromatic ring is 1. The minimum atomic E-state index is -0.194. The second-order valence-corrected chi connectivity index (χ2v) is 8.00. The van der Waals surface area contributed by atoms with E-state index in [9.17, 15) is 4.79 Å². The average Bonchev–Trinajstić information content (AvgIpc) is 3.27. The zero-order valence-corrected chi connectivity index (χ0v) is 16.8. The number of thiophene rings is 1. The Morgan fingerprint density at radius 3 is 2.85 bits per heavy atom. The SMILES string of the molecule is CN(C)Cc1ccnc(OCC(=O)NCc2csc(-c3csc(N)n3)c2)c1. The van der Waals surface area contributed by atoms with Gasteiger partial charge in [0.1, 0.15) is 0 Å². The van der Waals surface area contributed by atoms with Crippen LogP contribution in [0.3, 0.4) is 0 Å². The summed E-state index contributed by atoms with van der Waals surface area (Å²) in [5, 5.41) is 7.32. The fourth-order valence-corrected chi connectivity index (χ4v) is 3.90. The molecule has 9 heteroatoms. The number of hydrogen-bond donors (Lipinski definition) is 2. The fourth-order valence-electron chi connectivity index (χ4n) is 2.39. The Morgan fingerprint density at radius 1 is 1.26 bits per heavy atom. The van der Waals surface area contributed by atoms with Gasteiger partial charge >= 0.3 is 0 Å².